The van der Waals surface area contributed by atoms with Gasteiger partial charge < -0.3 is 10.2 Å². The lowest BCUT2D eigenvalue weighted by Crippen LogP contribution is -2.10. The molecule has 0 aliphatic carbocycles. The number of fused-ring (bicyclic) bond motifs is 1. The van der Waals surface area contributed by atoms with Crippen LogP contribution in [0.1, 0.15) is 11.7 Å². The van der Waals surface area contributed by atoms with Crippen LogP contribution in [0.2, 0.25) is 0 Å². The lowest BCUT2D eigenvalue weighted by atomic mass is 10.0. The van der Waals surface area contributed by atoms with Gasteiger partial charge in [0.1, 0.15) is 0 Å². The number of aromatic nitrogens is 1. The summed E-state index contributed by atoms with van der Waals surface area (Å²) in [6.45, 7) is 0. The lowest BCUT2D eigenvalue weighted by Gasteiger charge is -2.09. The molecular weight excluding hydrogens is 266 g/mol. The molecule has 0 fully saturated rings. The molecule has 0 spiro atoms. The molecule has 1 atom stereocenters. The van der Waals surface area contributed by atoms with E-state index >= 15 is 0 Å². The fourth-order valence-electron chi connectivity index (χ4n) is 2.26. The molecule has 0 saturated carbocycles. The van der Waals surface area contributed by atoms with Crippen LogP contribution in [-0.4, -0.2) is 21.2 Å². The highest BCUT2D eigenvalue weighted by atomic mass is 16.4. The molecule has 1 aromatic heterocycles. The molecule has 104 valence electrons. The SMILES string of the molecule is O=C(O)C(O)c1cccc(-c2cnc3ccccc3c2)c1. The summed E-state index contributed by atoms with van der Waals surface area (Å²) in [4.78, 5) is 15.2. The van der Waals surface area contributed by atoms with Gasteiger partial charge in [0.05, 0.1) is 5.52 Å². The smallest absolute Gasteiger partial charge is 0.337 e. The van der Waals surface area contributed by atoms with E-state index in [-0.39, 0.29) is 0 Å². The number of para-hydroxylation sites is 1. The van der Waals surface area contributed by atoms with E-state index in [1.54, 1.807) is 24.4 Å². The maximum atomic E-state index is 10.9. The van der Waals surface area contributed by atoms with E-state index in [0.717, 1.165) is 22.0 Å². The molecule has 1 heterocycles. The molecule has 2 N–H and O–H groups in total. The van der Waals surface area contributed by atoms with Gasteiger partial charge in [-0.3, -0.25) is 4.98 Å². The summed E-state index contributed by atoms with van der Waals surface area (Å²) >= 11 is 0. The highest BCUT2D eigenvalue weighted by Crippen LogP contribution is 2.25. The summed E-state index contributed by atoms with van der Waals surface area (Å²) in [5, 5.41) is 19.5. The molecule has 3 rings (SSSR count). The van der Waals surface area contributed by atoms with Gasteiger partial charge in [0.15, 0.2) is 6.10 Å². The predicted octanol–water partition coefficient (Wildman–Crippen LogP) is 3.02. The summed E-state index contributed by atoms with van der Waals surface area (Å²) in [7, 11) is 0. The van der Waals surface area contributed by atoms with E-state index in [2.05, 4.69) is 4.98 Å². The summed E-state index contributed by atoms with van der Waals surface area (Å²) in [6, 6.07) is 16.6. The summed E-state index contributed by atoms with van der Waals surface area (Å²) < 4.78 is 0. The van der Waals surface area contributed by atoms with Crippen LogP contribution in [0.25, 0.3) is 22.0 Å². The molecule has 21 heavy (non-hydrogen) atoms. The third-order valence-electron chi connectivity index (χ3n) is 3.36. The van der Waals surface area contributed by atoms with Gasteiger partial charge in [0, 0.05) is 17.1 Å². The molecule has 0 radical (unpaired) electrons. The van der Waals surface area contributed by atoms with Gasteiger partial charge in [0.2, 0.25) is 0 Å². The van der Waals surface area contributed by atoms with Gasteiger partial charge in [-0.05, 0) is 29.3 Å². The summed E-state index contributed by atoms with van der Waals surface area (Å²) in [5.74, 6) is -1.26. The average Bonchev–Trinajstić information content (AvgIpc) is 2.53. The van der Waals surface area contributed by atoms with E-state index in [9.17, 15) is 9.90 Å². The van der Waals surface area contributed by atoms with Crippen molar-refractivity contribution in [3.63, 3.8) is 0 Å². The van der Waals surface area contributed by atoms with Crippen molar-refractivity contribution in [1.29, 1.82) is 0 Å². The number of carbonyl (C=O) groups is 1. The van der Waals surface area contributed by atoms with Crippen LogP contribution in [-0.2, 0) is 4.79 Å². The predicted molar refractivity (Wildman–Crippen MR) is 79.8 cm³/mol. The Morgan fingerprint density at radius 2 is 1.81 bits per heavy atom. The number of carboxylic acids is 1. The largest absolute Gasteiger partial charge is 0.479 e. The zero-order valence-electron chi connectivity index (χ0n) is 11.1. The molecule has 0 aliphatic heterocycles. The number of rotatable bonds is 3. The lowest BCUT2D eigenvalue weighted by molar-refractivity contribution is -0.146. The van der Waals surface area contributed by atoms with Gasteiger partial charge in [-0.15, -0.1) is 0 Å². The van der Waals surface area contributed by atoms with E-state index in [1.165, 1.54) is 0 Å². The second-order valence-electron chi connectivity index (χ2n) is 4.78. The van der Waals surface area contributed by atoms with Gasteiger partial charge >= 0.3 is 5.97 Å². The van der Waals surface area contributed by atoms with Crippen molar-refractivity contribution < 1.29 is 15.0 Å². The topological polar surface area (TPSA) is 70.4 Å². The first-order valence-electron chi connectivity index (χ1n) is 6.51. The fraction of sp³-hybridized carbons (Fsp3) is 0.0588. The average molecular weight is 279 g/mol. The second kappa shape index (κ2) is 5.34. The van der Waals surface area contributed by atoms with Crippen LogP contribution in [0.3, 0.4) is 0 Å². The highest BCUT2D eigenvalue weighted by molar-refractivity contribution is 5.83. The zero-order valence-corrected chi connectivity index (χ0v) is 11.1. The molecule has 4 heteroatoms. The van der Waals surface area contributed by atoms with Crippen molar-refractivity contribution in [2.45, 2.75) is 6.10 Å². The first kappa shape index (κ1) is 13.3. The van der Waals surface area contributed by atoms with E-state index in [1.807, 2.05) is 36.4 Å². The Bertz CT molecular complexity index is 814. The molecule has 1 unspecified atom stereocenters. The van der Waals surface area contributed by atoms with Crippen LogP contribution >= 0.6 is 0 Å². The third-order valence-corrected chi connectivity index (χ3v) is 3.36. The number of pyridine rings is 1. The molecule has 0 aliphatic rings. The van der Waals surface area contributed by atoms with Gasteiger partial charge in [0.25, 0.3) is 0 Å². The first-order valence-corrected chi connectivity index (χ1v) is 6.51. The van der Waals surface area contributed by atoms with Gasteiger partial charge in [-0.25, -0.2) is 4.79 Å². The van der Waals surface area contributed by atoms with Crippen LogP contribution in [0.15, 0.2) is 60.8 Å². The second-order valence-corrected chi connectivity index (χ2v) is 4.78. The number of aliphatic hydroxyl groups excluding tert-OH is 1. The number of nitrogens with zero attached hydrogens (tertiary/aromatic N) is 1. The Kier molecular flexibility index (Phi) is 3.38. The maximum absolute atomic E-state index is 10.9. The Morgan fingerprint density at radius 3 is 2.62 bits per heavy atom. The van der Waals surface area contributed by atoms with E-state index in [4.69, 9.17) is 5.11 Å². The van der Waals surface area contributed by atoms with Crippen molar-refractivity contribution in [2.24, 2.45) is 0 Å². The van der Waals surface area contributed by atoms with Crippen LogP contribution < -0.4 is 0 Å². The molecule has 0 amide bonds. The maximum Gasteiger partial charge on any atom is 0.337 e. The number of carboxylic acid groups (broad SMARTS) is 1. The van der Waals surface area contributed by atoms with E-state index in [0.29, 0.717) is 5.56 Å². The van der Waals surface area contributed by atoms with Crippen molar-refractivity contribution in [3.05, 3.63) is 66.4 Å². The Labute approximate surface area is 121 Å². The number of aliphatic hydroxyl groups is 1. The van der Waals surface area contributed by atoms with Crippen molar-refractivity contribution in [2.75, 3.05) is 0 Å². The third kappa shape index (κ3) is 2.61. The number of benzene rings is 2. The number of hydrogen-bond donors (Lipinski definition) is 2. The summed E-state index contributed by atoms with van der Waals surface area (Å²) in [6.07, 6.45) is 0.229. The first-order chi connectivity index (χ1) is 10.1. The molecule has 3 aromatic rings. The van der Waals surface area contributed by atoms with Gasteiger partial charge in [-0.2, -0.15) is 0 Å². The van der Waals surface area contributed by atoms with Crippen LogP contribution in [0, 0.1) is 0 Å². The Morgan fingerprint density at radius 1 is 1.00 bits per heavy atom. The van der Waals surface area contributed by atoms with Crippen LogP contribution in [0.4, 0.5) is 0 Å². The minimum Gasteiger partial charge on any atom is -0.479 e. The quantitative estimate of drug-likeness (QED) is 0.773. The number of aliphatic carboxylic acids is 1. The molecule has 0 saturated heterocycles. The molecule has 4 nitrogen and oxygen atoms in total. The van der Waals surface area contributed by atoms with Crippen molar-refractivity contribution >= 4 is 16.9 Å². The minimum atomic E-state index is -1.52. The monoisotopic (exact) mass is 279 g/mol. The van der Waals surface area contributed by atoms with Crippen molar-refractivity contribution in [1.82, 2.24) is 4.98 Å². The standard InChI is InChI=1S/C17H13NO3/c19-16(17(20)21)13-6-3-5-11(8-13)14-9-12-4-1-2-7-15(12)18-10-14/h1-10,16,19H,(H,20,21). The normalized spacial score (nSPS) is 12.2. The molecule has 0 bridgehead atoms. The van der Waals surface area contributed by atoms with Crippen molar-refractivity contribution in [3.8, 4) is 11.1 Å². The summed E-state index contributed by atoms with van der Waals surface area (Å²) in [5.41, 5.74) is 2.97. The highest BCUT2D eigenvalue weighted by Gasteiger charge is 2.16. The molecular formula is C17H13NO3. The fourth-order valence-corrected chi connectivity index (χ4v) is 2.26. The van der Waals surface area contributed by atoms with E-state index < -0.39 is 12.1 Å². The van der Waals surface area contributed by atoms with Crippen LogP contribution in [0.5, 0.6) is 0 Å². The minimum absolute atomic E-state index is 0.355. The molecule has 2 aromatic carbocycles. The number of hydrogen-bond acceptors (Lipinski definition) is 3. The Balaban J connectivity index is 2.06. The van der Waals surface area contributed by atoms with Gasteiger partial charge in [-0.1, -0.05) is 36.4 Å². The Hall–Kier alpha value is -2.72. The zero-order chi connectivity index (χ0) is 14.8.